The topological polar surface area (TPSA) is 47.6 Å². The lowest BCUT2D eigenvalue weighted by molar-refractivity contribution is 1.01. The molecule has 1 unspecified atom stereocenters. The minimum Gasteiger partial charge on any atom is -0.198 e. The first-order valence-electron chi connectivity index (χ1n) is 3.71. The van der Waals surface area contributed by atoms with Crippen molar-refractivity contribution in [2.75, 3.05) is 6.26 Å². The Bertz CT molecular complexity index is 356. The summed E-state index contributed by atoms with van der Waals surface area (Å²) in [6.45, 7) is 0. The molecule has 0 fully saturated rings. The van der Waals surface area contributed by atoms with Gasteiger partial charge >= 0.3 is 0 Å². The SMILES string of the molecule is CSC(CC#N)c1ccc(C#N)s1. The predicted molar refractivity (Wildman–Crippen MR) is 55.5 cm³/mol. The molecule has 0 spiro atoms. The minimum atomic E-state index is 0.220. The summed E-state index contributed by atoms with van der Waals surface area (Å²) in [6, 6.07) is 7.98. The number of rotatable bonds is 3. The lowest BCUT2D eigenvalue weighted by Gasteiger charge is -2.06. The molecule has 4 heteroatoms. The molecular weight excluding hydrogens is 200 g/mol. The Kier molecular flexibility index (Phi) is 3.82. The summed E-state index contributed by atoms with van der Waals surface area (Å²) in [5, 5.41) is 17.4. The van der Waals surface area contributed by atoms with Gasteiger partial charge in [0.15, 0.2) is 0 Å². The quantitative estimate of drug-likeness (QED) is 0.767. The smallest absolute Gasteiger partial charge is 0.110 e. The fourth-order valence-corrected chi connectivity index (χ4v) is 2.74. The maximum Gasteiger partial charge on any atom is 0.110 e. The summed E-state index contributed by atoms with van der Waals surface area (Å²) >= 11 is 3.12. The molecule has 0 aliphatic rings. The van der Waals surface area contributed by atoms with Gasteiger partial charge in [-0.05, 0) is 18.4 Å². The Hall–Kier alpha value is -0.970. The molecular formula is C9H8N2S2. The molecule has 13 heavy (non-hydrogen) atoms. The van der Waals surface area contributed by atoms with E-state index < -0.39 is 0 Å². The van der Waals surface area contributed by atoms with E-state index in [1.807, 2.05) is 12.3 Å². The molecule has 66 valence electrons. The van der Waals surface area contributed by atoms with Crippen LogP contribution in [0.25, 0.3) is 0 Å². The highest BCUT2D eigenvalue weighted by Crippen LogP contribution is 2.34. The normalized spacial score (nSPS) is 11.6. The Morgan fingerprint density at radius 1 is 1.54 bits per heavy atom. The fourth-order valence-electron chi connectivity index (χ4n) is 0.969. The zero-order valence-electron chi connectivity index (χ0n) is 7.15. The van der Waals surface area contributed by atoms with Gasteiger partial charge in [0.05, 0.1) is 17.7 Å². The van der Waals surface area contributed by atoms with E-state index in [9.17, 15) is 0 Å². The second kappa shape index (κ2) is 4.91. The largest absolute Gasteiger partial charge is 0.198 e. The second-order valence-electron chi connectivity index (χ2n) is 2.40. The number of thiophene rings is 1. The summed E-state index contributed by atoms with van der Waals surface area (Å²) in [7, 11) is 0. The van der Waals surface area contributed by atoms with Gasteiger partial charge in [-0.3, -0.25) is 0 Å². The first kappa shape index (κ1) is 10.1. The molecule has 0 saturated heterocycles. The average Bonchev–Trinajstić information content (AvgIpc) is 2.62. The molecule has 0 aliphatic heterocycles. The van der Waals surface area contributed by atoms with Crippen LogP contribution in [-0.2, 0) is 0 Å². The van der Waals surface area contributed by atoms with E-state index in [1.54, 1.807) is 17.8 Å². The summed E-state index contributed by atoms with van der Waals surface area (Å²) in [5.41, 5.74) is 0. The average molecular weight is 208 g/mol. The van der Waals surface area contributed by atoms with Gasteiger partial charge in [-0.2, -0.15) is 22.3 Å². The molecule has 1 rings (SSSR count). The summed E-state index contributed by atoms with van der Waals surface area (Å²) in [6.07, 6.45) is 2.49. The van der Waals surface area contributed by atoms with E-state index in [1.165, 1.54) is 11.3 Å². The number of hydrogen-bond acceptors (Lipinski definition) is 4. The Morgan fingerprint density at radius 3 is 2.77 bits per heavy atom. The number of nitriles is 2. The minimum absolute atomic E-state index is 0.220. The van der Waals surface area contributed by atoms with Crippen molar-refractivity contribution >= 4 is 23.1 Å². The zero-order valence-corrected chi connectivity index (χ0v) is 8.78. The van der Waals surface area contributed by atoms with Crippen molar-refractivity contribution in [1.82, 2.24) is 0 Å². The van der Waals surface area contributed by atoms with Crippen molar-refractivity contribution in [3.05, 3.63) is 21.9 Å². The highest BCUT2D eigenvalue weighted by molar-refractivity contribution is 7.98. The molecule has 0 N–H and O–H groups in total. The third-order valence-electron chi connectivity index (χ3n) is 1.62. The first-order chi connectivity index (χ1) is 6.31. The highest BCUT2D eigenvalue weighted by atomic mass is 32.2. The van der Waals surface area contributed by atoms with E-state index in [4.69, 9.17) is 10.5 Å². The van der Waals surface area contributed by atoms with Crippen LogP contribution in [0.2, 0.25) is 0 Å². The van der Waals surface area contributed by atoms with Gasteiger partial charge in [-0.15, -0.1) is 11.3 Å². The van der Waals surface area contributed by atoms with Crippen molar-refractivity contribution in [3.8, 4) is 12.1 Å². The standard InChI is InChI=1S/C9H8N2S2/c1-12-8(4-5-10)9-3-2-7(6-11)13-9/h2-3,8H,4H2,1H3. The van der Waals surface area contributed by atoms with Gasteiger partial charge < -0.3 is 0 Å². The lowest BCUT2D eigenvalue weighted by Crippen LogP contribution is -1.86. The molecule has 1 heterocycles. The maximum absolute atomic E-state index is 8.62. The van der Waals surface area contributed by atoms with E-state index in [0.29, 0.717) is 11.3 Å². The second-order valence-corrected chi connectivity index (χ2v) is 4.56. The van der Waals surface area contributed by atoms with E-state index >= 15 is 0 Å². The van der Waals surface area contributed by atoms with Gasteiger partial charge in [-0.1, -0.05) is 0 Å². The molecule has 1 aromatic rings. The van der Waals surface area contributed by atoms with Crippen LogP contribution in [0, 0.1) is 22.7 Å². The molecule has 0 saturated carbocycles. The van der Waals surface area contributed by atoms with Crippen molar-refractivity contribution in [2.45, 2.75) is 11.7 Å². The predicted octanol–water partition coefficient (Wildman–Crippen LogP) is 2.94. The molecule has 0 amide bonds. The zero-order chi connectivity index (χ0) is 9.68. The van der Waals surface area contributed by atoms with Crippen molar-refractivity contribution in [3.63, 3.8) is 0 Å². The Labute approximate surface area is 85.8 Å². The summed E-state index contributed by atoms with van der Waals surface area (Å²) < 4.78 is 0. The maximum atomic E-state index is 8.62. The summed E-state index contributed by atoms with van der Waals surface area (Å²) in [5.74, 6) is 0. The summed E-state index contributed by atoms with van der Waals surface area (Å²) in [4.78, 5) is 1.83. The monoisotopic (exact) mass is 208 g/mol. The van der Waals surface area contributed by atoms with Crippen LogP contribution in [0.3, 0.4) is 0 Å². The molecule has 1 aromatic heterocycles. The molecule has 2 nitrogen and oxygen atoms in total. The Morgan fingerprint density at radius 2 is 2.31 bits per heavy atom. The Balaban J connectivity index is 2.81. The van der Waals surface area contributed by atoms with Gasteiger partial charge in [0.25, 0.3) is 0 Å². The third-order valence-corrected chi connectivity index (χ3v) is 3.86. The van der Waals surface area contributed by atoms with Crippen LogP contribution in [-0.4, -0.2) is 6.26 Å². The molecule has 0 bridgehead atoms. The van der Waals surface area contributed by atoms with Crippen molar-refractivity contribution < 1.29 is 0 Å². The van der Waals surface area contributed by atoms with E-state index in [2.05, 4.69) is 12.1 Å². The molecule has 0 aliphatic carbocycles. The lowest BCUT2D eigenvalue weighted by atomic mass is 10.3. The molecule has 0 aromatic carbocycles. The van der Waals surface area contributed by atoms with Crippen molar-refractivity contribution in [2.24, 2.45) is 0 Å². The van der Waals surface area contributed by atoms with Gasteiger partial charge in [0.2, 0.25) is 0 Å². The van der Waals surface area contributed by atoms with Crippen LogP contribution in [0.1, 0.15) is 21.4 Å². The first-order valence-corrected chi connectivity index (χ1v) is 5.81. The molecule has 1 atom stereocenters. The van der Waals surface area contributed by atoms with Crippen LogP contribution >= 0.6 is 23.1 Å². The van der Waals surface area contributed by atoms with Crippen LogP contribution in [0.15, 0.2) is 12.1 Å². The van der Waals surface area contributed by atoms with Crippen molar-refractivity contribution in [1.29, 1.82) is 10.5 Å². The van der Waals surface area contributed by atoms with Crippen LogP contribution in [0.5, 0.6) is 0 Å². The fraction of sp³-hybridized carbons (Fsp3) is 0.333. The van der Waals surface area contributed by atoms with Gasteiger partial charge in [-0.25, -0.2) is 0 Å². The van der Waals surface area contributed by atoms with Gasteiger partial charge in [0, 0.05) is 4.88 Å². The van der Waals surface area contributed by atoms with E-state index in [0.717, 1.165) is 4.88 Å². The third kappa shape index (κ3) is 2.48. The van der Waals surface area contributed by atoms with Gasteiger partial charge in [0.1, 0.15) is 10.9 Å². The highest BCUT2D eigenvalue weighted by Gasteiger charge is 2.11. The van der Waals surface area contributed by atoms with E-state index in [-0.39, 0.29) is 5.25 Å². The number of hydrogen-bond donors (Lipinski definition) is 0. The number of thioether (sulfide) groups is 1. The van der Waals surface area contributed by atoms with Crippen LogP contribution in [0.4, 0.5) is 0 Å². The molecule has 0 radical (unpaired) electrons. The number of nitrogens with zero attached hydrogens (tertiary/aromatic N) is 2. The van der Waals surface area contributed by atoms with Crippen LogP contribution < -0.4 is 0 Å².